The predicted molar refractivity (Wildman–Crippen MR) is 107 cm³/mol. The Hall–Kier alpha value is -2.55. The lowest BCUT2D eigenvalue weighted by molar-refractivity contribution is -0.134. The molecule has 0 saturated heterocycles. The van der Waals surface area contributed by atoms with Gasteiger partial charge in [0.15, 0.2) is 0 Å². The number of hydrogen-bond donors (Lipinski definition) is 1. The second kappa shape index (κ2) is 7.36. The van der Waals surface area contributed by atoms with Gasteiger partial charge in [0.2, 0.25) is 0 Å². The molecule has 1 aliphatic rings. The van der Waals surface area contributed by atoms with Crippen LogP contribution in [0, 0.1) is 5.92 Å². The molecule has 3 aromatic rings. The number of hydrogen-bond acceptors (Lipinski definition) is 3. The maximum absolute atomic E-state index is 12.6. The fourth-order valence-electron chi connectivity index (χ4n) is 4.19. The van der Waals surface area contributed by atoms with Gasteiger partial charge in [-0.25, -0.2) is 0 Å². The highest BCUT2D eigenvalue weighted by Gasteiger charge is 2.18. The first-order valence-electron chi connectivity index (χ1n) is 9.63. The number of nitrogens with two attached hydrogens (primary N) is 1. The molecule has 0 atom stereocenters. The van der Waals surface area contributed by atoms with Crippen molar-refractivity contribution in [2.24, 2.45) is 5.92 Å². The first-order chi connectivity index (χ1) is 12.7. The molecule has 0 aromatic heterocycles. The Labute approximate surface area is 154 Å². The monoisotopic (exact) mass is 347 g/mol. The number of ether oxygens (including phenoxy) is 1. The summed E-state index contributed by atoms with van der Waals surface area (Å²) >= 11 is 0. The molecule has 4 rings (SSSR count). The van der Waals surface area contributed by atoms with E-state index in [1.54, 1.807) is 0 Å². The van der Waals surface area contributed by atoms with Crippen LogP contribution in [0.2, 0.25) is 0 Å². The molecule has 1 saturated carbocycles. The molecule has 0 unspecified atom stereocenters. The molecule has 3 nitrogen and oxygen atoms in total. The van der Waals surface area contributed by atoms with Crippen molar-refractivity contribution in [3.05, 3.63) is 48.5 Å². The van der Waals surface area contributed by atoms with Crippen LogP contribution in [0.25, 0.3) is 21.5 Å². The molecule has 3 aromatic carbocycles. The summed E-state index contributed by atoms with van der Waals surface area (Å²) in [5, 5.41) is 3.66. The Morgan fingerprint density at radius 3 is 2.00 bits per heavy atom. The summed E-state index contributed by atoms with van der Waals surface area (Å²) < 4.78 is 5.89. The third-order valence-electron chi connectivity index (χ3n) is 5.62. The first kappa shape index (κ1) is 16.9. The molecule has 2 N–H and O–H groups in total. The maximum atomic E-state index is 12.6. The molecule has 26 heavy (non-hydrogen) atoms. The molecule has 1 fully saturated rings. The van der Waals surface area contributed by atoms with Crippen LogP contribution in [-0.2, 0) is 4.79 Å². The van der Waals surface area contributed by atoms with Crippen molar-refractivity contribution in [3.8, 4) is 5.75 Å². The van der Waals surface area contributed by atoms with Gasteiger partial charge in [-0.05, 0) is 12.3 Å². The van der Waals surface area contributed by atoms with Crippen LogP contribution in [0.3, 0.4) is 0 Å². The van der Waals surface area contributed by atoms with E-state index in [-0.39, 0.29) is 5.97 Å². The second-order valence-electron chi connectivity index (χ2n) is 7.35. The van der Waals surface area contributed by atoms with Gasteiger partial charge in [0, 0.05) is 33.7 Å². The van der Waals surface area contributed by atoms with Crippen molar-refractivity contribution < 1.29 is 9.53 Å². The minimum Gasteiger partial charge on any atom is -0.425 e. The van der Waals surface area contributed by atoms with Crippen LogP contribution in [0.5, 0.6) is 5.75 Å². The summed E-state index contributed by atoms with van der Waals surface area (Å²) in [6.45, 7) is 0. The fraction of sp³-hybridized carbons (Fsp3) is 0.348. The van der Waals surface area contributed by atoms with E-state index in [0.717, 1.165) is 33.7 Å². The summed E-state index contributed by atoms with van der Waals surface area (Å²) in [7, 11) is 0. The Bertz CT molecular complexity index is 884. The molecule has 3 heteroatoms. The van der Waals surface area contributed by atoms with Gasteiger partial charge in [-0.3, -0.25) is 4.79 Å². The van der Waals surface area contributed by atoms with Gasteiger partial charge < -0.3 is 10.5 Å². The molecular weight excluding hydrogens is 322 g/mol. The Kier molecular flexibility index (Phi) is 4.79. The molecule has 0 aliphatic heterocycles. The fourth-order valence-corrected chi connectivity index (χ4v) is 4.19. The molecule has 134 valence electrons. The van der Waals surface area contributed by atoms with E-state index in [4.69, 9.17) is 10.5 Å². The van der Waals surface area contributed by atoms with Crippen LogP contribution in [0.4, 0.5) is 5.69 Å². The van der Waals surface area contributed by atoms with Crippen LogP contribution in [0.1, 0.15) is 44.9 Å². The normalized spacial score (nSPS) is 15.4. The summed E-state index contributed by atoms with van der Waals surface area (Å²) in [5.74, 6) is 1.17. The van der Waals surface area contributed by atoms with Crippen molar-refractivity contribution in [3.63, 3.8) is 0 Å². The highest BCUT2D eigenvalue weighted by atomic mass is 16.5. The maximum Gasteiger partial charge on any atom is 0.311 e. The number of anilines is 1. The topological polar surface area (TPSA) is 52.3 Å². The van der Waals surface area contributed by atoms with E-state index < -0.39 is 0 Å². The number of esters is 1. The van der Waals surface area contributed by atoms with Crippen molar-refractivity contribution in [2.45, 2.75) is 44.9 Å². The number of carbonyl (C=O) groups is 1. The van der Waals surface area contributed by atoms with Crippen LogP contribution < -0.4 is 10.5 Å². The zero-order valence-electron chi connectivity index (χ0n) is 15.0. The van der Waals surface area contributed by atoms with Gasteiger partial charge in [0.1, 0.15) is 5.75 Å². The molecule has 0 amide bonds. The van der Waals surface area contributed by atoms with Crippen molar-refractivity contribution in [1.82, 2.24) is 0 Å². The Morgan fingerprint density at radius 2 is 1.42 bits per heavy atom. The van der Waals surface area contributed by atoms with E-state index >= 15 is 0 Å². The van der Waals surface area contributed by atoms with Crippen molar-refractivity contribution in [1.29, 1.82) is 0 Å². The first-order valence-corrected chi connectivity index (χ1v) is 9.63. The average Bonchev–Trinajstić information content (AvgIpc) is 2.70. The number of nitrogen functional groups attached to an aromatic ring is 1. The summed E-state index contributed by atoms with van der Waals surface area (Å²) in [4.78, 5) is 12.6. The summed E-state index contributed by atoms with van der Waals surface area (Å²) in [5.41, 5.74) is 7.10. The largest absolute Gasteiger partial charge is 0.425 e. The van der Waals surface area contributed by atoms with E-state index in [0.29, 0.717) is 18.1 Å². The van der Waals surface area contributed by atoms with Crippen LogP contribution >= 0.6 is 0 Å². The predicted octanol–water partition coefficient (Wildman–Crippen LogP) is 5.84. The third kappa shape index (κ3) is 3.26. The highest BCUT2D eigenvalue weighted by Crippen LogP contribution is 2.40. The standard InChI is InChI=1S/C23H25NO2/c24-22-17-10-4-6-12-19(17)23(20-13-7-5-11-18(20)22)26-21(25)15-14-16-8-2-1-3-9-16/h4-7,10-13,16H,1-3,8-9,14-15,24H2. The molecular formula is C23H25NO2. The van der Waals surface area contributed by atoms with Gasteiger partial charge >= 0.3 is 5.97 Å². The highest BCUT2D eigenvalue weighted by molar-refractivity contribution is 6.15. The Morgan fingerprint density at radius 1 is 0.885 bits per heavy atom. The van der Waals surface area contributed by atoms with Crippen LogP contribution in [0.15, 0.2) is 48.5 Å². The minimum atomic E-state index is -0.143. The van der Waals surface area contributed by atoms with E-state index in [1.807, 2.05) is 48.5 Å². The SMILES string of the molecule is Nc1c2ccccc2c(OC(=O)CCC2CCCCC2)c2ccccc12. The Balaban J connectivity index is 1.64. The lowest BCUT2D eigenvalue weighted by Gasteiger charge is -2.21. The molecule has 0 heterocycles. The number of fused-ring (bicyclic) bond motifs is 2. The van der Waals surface area contributed by atoms with Gasteiger partial charge in [-0.15, -0.1) is 0 Å². The number of rotatable bonds is 4. The van der Waals surface area contributed by atoms with Crippen molar-refractivity contribution in [2.75, 3.05) is 5.73 Å². The van der Waals surface area contributed by atoms with Crippen molar-refractivity contribution >= 4 is 33.2 Å². The van der Waals surface area contributed by atoms with E-state index in [2.05, 4.69) is 0 Å². The molecule has 1 aliphatic carbocycles. The van der Waals surface area contributed by atoms with Gasteiger partial charge in [-0.1, -0.05) is 80.6 Å². The summed E-state index contributed by atoms with van der Waals surface area (Å²) in [6.07, 6.45) is 7.85. The van der Waals surface area contributed by atoms with E-state index in [1.165, 1.54) is 32.1 Å². The lowest BCUT2D eigenvalue weighted by Crippen LogP contribution is -2.13. The summed E-state index contributed by atoms with van der Waals surface area (Å²) in [6, 6.07) is 15.7. The smallest absolute Gasteiger partial charge is 0.311 e. The average molecular weight is 347 g/mol. The van der Waals surface area contributed by atoms with Crippen LogP contribution in [-0.4, -0.2) is 5.97 Å². The van der Waals surface area contributed by atoms with Gasteiger partial charge in [0.25, 0.3) is 0 Å². The van der Waals surface area contributed by atoms with Gasteiger partial charge in [-0.2, -0.15) is 0 Å². The quantitative estimate of drug-likeness (QED) is 0.279. The van der Waals surface area contributed by atoms with E-state index in [9.17, 15) is 4.79 Å². The minimum absolute atomic E-state index is 0.143. The third-order valence-corrected chi connectivity index (χ3v) is 5.62. The number of carbonyl (C=O) groups excluding carboxylic acids is 1. The molecule has 0 spiro atoms. The lowest BCUT2D eigenvalue weighted by atomic mass is 9.86. The van der Waals surface area contributed by atoms with Gasteiger partial charge in [0.05, 0.1) is 0 Å². The molecule has 0 radical (unpaired) electrons. The zero-order chi connectivity index (χ0) is 17.9. The molecule has 0 bridgehead atoms. The number of benzene rings is 3. The second-order valence-corrected chi connectivity index (χ2v) is 7.35. The zero-order valence-corrected chi connectivity index (χ0v) is 15.0.